The highest BCUT2D eigenvalue weighted by atomic mass is 16.3. The van der Waals surface area contributed by atoms with Gasteiger partial charge in [-0.15, -0.1) is 0 Å². The maximum Gasteiger partial charge on any atom is 0.254 e. The average molecular weight is 278 g/mol. The Kier molecular flexibility index (Phi) is 4.03. The summed E-state index contributed by atoms with van der Waals surface area (Å²) >= 11 is 0. The number of carbonyl (C=O) groups excluding carboxylic acids is 1. The van der Waals surface area contributed by atoms with E-state index in [-0.39, 0.29) is 18.1 Å². The average Bonchev–Trinajstić information content (AvgIpc) is 3.09. The zero-order valence-electron chi connectivity index (χ0n) is 11.6. The summed E-state index contributed by atoms with van der Waals surface area (Å²) in [7, 11) is 0. The highest BCUT2D eigenvalue weighted by molar-refractivity contribution is 5.95. The molecule has 0 bridgehead atoms. The van der Waals surface area contributed by atoms with Crippen molar-refractivity contribution in [2.24, 2.45) is 0 Å². The van der Waals surface area contributed by atoms with E-state index in [0.717, 1.165) is 44.5 Å². The zero-order valence-corrected chi connectivity index (χ0v) is 11.6. The largest absolute Gasteiger partial charge is 0.393 e. The SMILES string of the molecule is O=C(NC1CCCC(O)C1)c1cn[nH]c1C1CCNC1. The second-order valence-electron chi connectivity index (χ2n) is 5.88. The maximum atomic E-state index is 12.4. The number of carbonyl (C=O) groups is 1. The number of H-pyrrole nitrogens is 1. The summed E-state index contributed by atoms with van der Waals surface area (Å²) in [6.07, 6.45) is 5.78. The van der Waals surface area contributed by atoms with E-state index < -0.39 is 0 Å². The number of aromatic amines is 1. The summed E-state index contributed by atoms with van der Waals surface area (Å²) in [6.45, 7) is 1.88. The van der Waals surface area contributed by atoms with Gasteiger partial charge >= 0.3 is 0 Å². The van der Waals surface area contributed by atoms with Gasteiger partial charge in [-0.25, -0.2) is 0 Å². The van der Waals surface area contributed by atoms with Crippen LogP contribution in [0.1, 0.15) is 54.1 Å². The molecule has 20 heavy (non-hydrogen) atoms. The van der Waals surface area contributed by atoms with Gasteiger partial charge in [0.15, 0.2) is 0 Å². The van der Waals surface area contributed by atoms with Gasteiger partial charge in [0.05, 0.1) is 23.6 Å². The van der Waals surface area contributed by atoms with Crippen LogP contribution in [0.2, 0.25) is 0 Å². The Balaban J connectivity index is 1.66. The number of nitrogens with one attached hydrogen (secondary N) is 3. The molecule has 1 saturated carbocycles. The lowest BCUT2D eigenvalue weighted by molar-refractivity contribution is 0.0848. The molecule has 3 unspecified atom stereocenters. The van der Waals surface area contributed by atoms with Crippen molar-refractivity contribution in [3.05, 3.63) is 17.5 Å². The molecular formula is C14H22N4O2. The minimum Gasteiger partial charge on any atom is -0.393 e. The quantitative estimate of drug-likeness (QED) is 0.649. The van der Waals surface area contributed by atoms with Crippen molar-refractivity contribution >= 4 is 5.91 Å². The molecule has 3 rings (SSSR count). The summed E-state index contributed by atoms with van der Waals surface area (Å²) in [5.74, 6) is 0.273. The predicted molar refractivity (Wildman–Crippen MR) is 74.5 cm³/mol. The predicted octanol–water partition coefficient (Wildman–Crippen LogP) is 0.520. The van der Waals surface area contributed by atoms with Gasteiger partial charge in [-0.3, -0.25) is 9.89 Å². The molecule has 6 nitrogen and oxygen atoms in total. The van der Waals surface area contributed by atoms with E-state index in [1.54, 1.807) is 6.20 Å². The Labute approximate surface area is 118 Å². The molecule has 1 aromatic heterocycles. The lowest BCUT2D eigenvalue weighted by Gasteiger charge is -2.26. The van der Waals surface area contributed by atoms with Gasteiger partial charge in [0.2, 0.25) is 0 Å². The first-order chi connectivity index (χ1) is 9.74. The van der Waals surface area contributed by atoms with E-state index in [0.29, 0.717) is 17.9 Å². The van der Waals surface area contributed by atoms with E-state index in [9.17, 15) is 9.90 Å². The van der Waals surface area contributed by atoms with Crippen molar-refractivity contribution in [1.82, 2.24) is 20.8 Å². The van der Waals surface area contributed by atoms with Crippen LogP contribution in [0.5, 0.6) is 0 Å². The highest BCUT2D eigenvalue weighted by Gasteiger charge is 2.27. The number of aromatic nitrogens is 2. The molecule has 110 valence electrons. The first-order valence-corrected chi connectivity index (χ1v) is 7.47. The molecule has 2 fully saturated rings. The minimum absolute atomic E-state index is 0.0697. The Hall–Kier alpha value is -1.40. The van der Waals surface area contributed by atoms with Crippen LogP contribution >= 0.6 is 0 Å². The molecule has 0 radical (unpaired) electrons. The van der Waals surface area contributed by atoms with Gasteiger partial charge in [-0.2, -0.15) is 5.10 Å². The van der Waals surface area contributed by atoms with Crippen molar-refractivity contribution in [3.8, 4) is 0 Å². The van der Waals surface area contributed by atoms with Crippen LogP contribution in [0.15, 0.2) is 6.20 Å². The Morgan fingerprint density at radius 1 is 1.40 bits per heavy atom. The molecular weight excluding hydrogens is 256 g/mol. The van der Waals surface area contributed by atoms with Gasteiger partial charge in [0.25, 0.3) is 5.91 Å². The third-order valence-electron chi connectivity index (χ3n) is 4.36. The number of aliphatic hydroxyl groups is 1. The smallest absolute Gasteiger partial charge is 0.254 e. The van der Waals surface area contributed by atoms with E-state index >= 15 is 0 Å². The van der Waals surface area contributed by atoms with Crippen LogP contribution in [0, 0.1) is 0 Å². The first-order valence-electron chi connectivity index (χ1n) is 7.47. The van der Waals surface area contributed by atoms with Crippen molar-refractivity contribution in [2.45, 2.75) is 50.2 Å². The van der Waals surface area contributed by atoms with Crippen LogP contribution < -0.4 is 10.6 Å². The molecule has 0 aromatic carbocycles. The molecule has 3 atom stereocenters. The van der Waals surface area contributed by atoms with Crippen molar-refractivity contribution in [3.63, 3.8) is 0 Å². The number of hydrogen-bond acceptors (Lipinski definition) is 4. The van der Waals surface area contributed by atoms with E-state index in [2.05, 4.69) is 20.8 Å². The molecule has 1 amide bonds. The van der Waals surface area contributed by atoms with Crippen LogP contribution in [0.4, 0.5) is 0 Å². The Morgan fingerprint density at radius 3 is 3.05 bits per heavy atom. The topological polar surface area (TPSA) is 90.0 Å². The second-order valence-corrected chi connectivity index (χ2v) is 5.88. The molecule has 2 heterocycles. The van der Waals surface area contributed by atoms with Gasteiger partial charge in [0.1, 0.15) is 0 Å². The lowest BCUT2D eigenvalue weighted by atomic mass is 9.92. The van der Waals surface area contributed by atoms with Gasteiger partial charge < -0.3 is 15.7 Å². The van der Waals surface area contributed by atoms with Crippen LogP contribution in [0.25, 0.3) is 0 Å². The third-order valence-corrected chi connectivity index (χ3v) is 4.36. The molecule has 2 aliphatic rings. The molecule has 6 heteroatoms. The van der Waals surface area contributed by atoms with Crippen LogP contribution in [-0.2, 0) is 0 Å². The second kappa shape index (κ2) is 5.93. The summed E-state index contributed by atoms with van der Waals surface area (Å²) in [5, 5.41) is 23.0. The number of hydrogen-bond donors (Lipinski definition) is 4. The van der Waals surface area contributed by atoms with Gasteiger partial charge in [-0.1, -0.05) is 0 Å². The molecule has 0 spiro atoms. The Morgan fingerprint density at radius 2 is 2.30 bits per heavy atom. The number of aliphatic hydroxyl groups excluding tert-OH is 1. The zero-order chi connectivity index (χ0) is 13.9. The van der Waals surface area contributed by atoms with Crippen molar-refractivity contribution in [1.29, 1.82) is 0 Å². The monoisotopic (exact) mass is 278 g/mol. The van der Waals surface area contributed by atoms with Crippen LogP contribution in [0.3, 0.4) is 0 Å². The summed E-state index contributed by atoms with van der Waals surface area (Å²) in [4.78, 5) is 12.4. The van der Waals surface area contributed by atoms with Gasteiger partial charge in [-0.05, 0) is 38.6 Å². The highest BCUT2D eigenvalue weighted by Crippen LogP contribution is 2.24. The molecule has 1 saturated heterocycles. The molecule has 1 aromatic rings. The maximum absolute atomic E-state index is 12.4. The van der Waals surface area contributed by atoms with E-state index in [4.69, 9.17) is 0 Å². The number of nitrogens with zero attached hydrogens (tertiary/aromatic N) is 1. The van der Waals surface area contributed by atoms with Crippen molar-refractivity contribution in [2.75, 3.05) is 13.1 Å². The number of amides is 1. The third kappa shape index (κ3) is 2.86. The van der Waals surface area contributed by atoms with E-state index in [1.165, 1.54) is 0 Å². The van der Waals surface area contributed by atoms with Crippen molar-refractivity contribution < 1.29 is 9.90 Å². The fourth-order valence-electron chi connectivity index (χ4n) is 3.25. The fourth-order valence-corrected chi connectivity index (χ4v) is 3.25. The first kappa shape index (κ1) is 13.6. The summed E-state index contributed by atoms with van der Waals surface area (Å²) in [5.41, 5.74) is 1.59. The standard InChI is InChI=1S/C14H22N4O2/c19-11-3-1-2-10(6-11)17-14(20)12-8-16-18-13(12)9-4-5-15-7-9/h8-11,15,19H,1-7H2,(H,16,18)(H,17,20). The van der Waals surface area contributed by atoms with E-state index in [1.807, 2.05) is 0 Å². The molecule has 1 aliphatic heterocycles. The van der Waals surface area contributed by atoms with Crippen LogP contribution in [-0.4, -0.2) is 46.4 Å². The summed E-state index contributed by atoms with van der Waals surface area (Å²) in [6, 6.07) is 0.0794. The lowest BCUT2D eigenvalue weighted by Crippen LogP contribution is -2.40. The molecule has 1 aliphatic carbocycles. The fraction of sp³-hybridized carbons (Fsp3) is 0.714. The molecule has 4 N–H and O–H groups in total. The normalized spacial score (nSPS) is 30.4. The Bertz CT molecular complexity index is 467. The minimum atomic E-state index is -0.281. The summed E-state index contributed by atoms with van der Waals surface area (Å²) < 4.78 is 0. The number of rotatable bonds is 3. The van der Waals surface area contributed by atoms with Gasteiger partial charge in [0, 0.05) is 18.5 Å².